The number of aliphatic hydroxyl groups excluding tert-OH is 4. The quantitative estimate of drug-likeness (QED) is 0.283. The zero-order valence-electron chi connectivity index (χ0n) is 13.3. The highest BCUT2D eigenvalue weighted by Gasteiger charge is 2.14. The van der Waals surface area contributed by atoms with Gasteiger partial charge in [0.1, 0.15) is 0 Å². The standard InChI is InChI=1S/C16H33NO4/c1-2-3-4-5-6-7-8-9-10-17(11-15(20)13-18)12-16(21)14-19/h5-6,15-16,18-21H,2-4,7-14H2,1H3/b6-5+. The van der Waals surface area contributed by atoms with Gasteiger partial charge < -0.3 is 20.4 Å². The smallest absolute Gasteiger partial charge is 0.0897 e. The van der Waals surface area contributed by atoms with E-state index in [1.54, 1.807) is 0 Å². The van der Waals surface area contributed by atoms with Crippen molar-refractivity contribution in [3.63, 3.8) is 0 Å². The number of allylic oxidation sites excluding steroid dienone is 2. The first kappa shape index (κ1) is 20.5. The van der Waals surface area contributed by atoms with Gasteiger partial charge in [0, 0.05) is 13.1 Å². The van der Waals surface area contributed by atoms with E-state index in [4.69, 9.17) is 10.2 Å². The first-order valence-corrected chi connectivity index (χ1v) is 8.09. The summed E-state index contributed by atoms with van der Waals surface area (Å²) in [6, 6.07) is 0. The van der Waals surface area contributed by atoms with E-state index in [2.05, 4.69) is 19.1 Å². The number of hydrogen-bond acceptors (Lipinski definition) is 5. The largest absolute Gasteiger partial charge is 0.394 e. The van der Waals surface area contributed by atoms with Gasteiger partial charge in [0.2, 0.25) is 0 Å². The molecule has 0 aliphatic rings. The lowest BCUT2D eigenvalue weighted by Gasteiger charge is -2.26. The molecule has 0 saturated carbocycles. The molecule has 0 aliphatic carbocycles. The second-order valence-electron chi connectivity index (χ2n) is 5.54. The molecule has 0 aromatic rings. The van der Waals surface area contributed by atoms with Gasteiger partial charge in [-0.05, 0) is 32.2 Å². The van der Waals surface area contributed by atoms with Crippen molar-refractivity contribution in [1.29, 1.82) is 0 Å². The Bertz CT molecular complexity index is 236. The molecule has 0 aromatic heterocycles. The second-order valence-corrected chi connectivity index (χ2v) is 5.54. The molecule has 0 bridgehead atoms. The fraction of sp³-hybridized carbons (Fsp3) is 0.875. The number of rotatable bonds is 14. The number of hydrogen-bond donors (Lipinski definition) is 4. The molecule has 0 saturated heterocycles. The van der Waals surface area contributed by atoms with E-state index in [1.165, 1.54) is 12.8 Å². The molecule has 5 heteroatoms. The van der Waals surface area contributed by atoms with Crippen LogP contribution in [0.4, 0.5) is 0 Å². The van der Waals surface area contributed by atoms with Crippen LogP contribution in [-0.2, 0) is 0 Å². The Morgan fingerprint density at radius 3 is 1.86 bits per heavy atom. The van der Waals surface area contributed by atoms with Crippen LogP contribution in [0.15, 0.2) is 12.2 Å². The van der Waals surface area contributed by atoms with Crippen LogP contribution < -0.4 is 0 Å². The van der Waals surface area contributed by atoms with E-state index in [-0.39, 0.29) is 13.2 Å². The maximum Gasteiger partial charge on any atom is 0.0897 e. The number of nitrogens with zero attached hydrogens (tertiary/aromatic N) is 1. The first-order valence-electron chi connectivity index (χ1n) is 8.09. The van der Waals surface area contributed by atoms with Crippen LogP contribution in [-0.4, -0.2) is 70.4 Å². The molecule has 2 unspecified atom stereocenters. The molecule has 0 aliphatic heterocycles. The molecule has 4 N–H and O–H groups in total. The van der Waals surface area contributed by atoms with Crippen LogP contribution in [0.3, 0.4) is 0 Å². The third-order valence-electron chi connectivity index (χ3n) is 3.35. The summed E-state index contributed by atoms with van der Waals surface area (Å²) in [5.74, 6) is 0. The van der Waals surface area contributed by atoms with Crippen molar-refractivity contribution in [2.24, 2.45) is 0 Å². The molecule has 0 rings (SSSR count). The van der Waals surface area contributed by atoms with Crippen molar-refractivity contribution in [2.75, 3.05) is 32.8 Å². The van der Waals surface area contributed by atoms with Crippen molar-refractivity contribution < 1.29 is 20.4 Å². The highest BCUT2D eigenvalue weighted by atomic mass is 16.3. The fourth-order valence-corrected chi connectivity index (χ4v) is 2.12. The highest BCUT2D eigenvalue weighted by molar-refractivity contribution is 4.81. The Balaban J connectivity index is 3.86. The number of aliphatic hydroxyl groups is 4. The molecule has 2 atom stereocenters. The van der Waals surface area contributed by atoms with Gasteiger partial charge in [0.25, 0.3) is 0 Å². The summed E-state index contributed by atoms with van der Waals surface area (Å²) in [5, 5.41) is 36.8. The predicted molar refractivity (Wildman–Crippen MR) is 85.1 cm³/mol. The summed E-state index contributed by atoms with van der Waals surface area (Å²) < 4.78 is 0. The zero-order chi connectivity index (χ0) is 15.9. The number of unbranched alkanes of at least 4 members (excludes halogenated alkanes) is 4. The molecular weight excluding hydrogens is 270 g/mol. The molecule has 0 amide bonds. The van der Waals surface area contributed by atoms with E-state index in [1.807, 2.05) is 4.90 Å². The van der Waals surface area contributed by atoms with E-state index in [0.29, 0.717) is 13.1 Å². The fourth-order valence-electron chi connectivity index (χ4n) is 2.12. The molecule has 0 radical (unpaired) electrons. The summed E-state index contributed by atoms with van der Waals surface area (Å²) in [7, 11) is 0. The van der Waals surface area contributed by atoms with Crippen LogP contribution in [0.1, 0.15) is 45.4 Å². The van der Waals surface area contributed by atoms with E-state index >= 15 is 0 Å². The van der Waals surface area contributed by atoms with Gasteiger partial charge in [-0.2, -0.15) is 0 Å². The maximum absolute atomic E-state index is 9.49. The molecule has 0 spiro atoms. The topological polar surface area (TPSA) is 84.2 Å². The Hall–Kier alpha value is -0.460. The van der Waals surface area contributed by atoms with Crippen LogP contribution in [0.25, 0.3) is 0 Å². The molecular formula is C16H33NO4. The lowest BCUT2D eigenvalue weighted by atomic mass is 10.2. The Labute approximate surface area is 128 Å². The van der Waals surface area contributed by atoms with Gasteiger partial charge in [0.05, 0.1) is 25.4 Å². The third-order valence-corrected chi connectivity index (χ3v) is 3.35. The molecule has 21 heavy (non-hydrogen) atoms. The lowest BCUT2D eigenvalue weighted by molar-refractivity contribution is 0.0228. The van der Waals surface area contributed by atoms with Gasteiger partial charge in [-0.1, -0.05) is 31.9 Å². The SMILES string of the molecule is CCCC/C=C/CCCCN(CC(O)CO)CC(O)CO. The zero-order valence-corrected chi connectivity index (χ0v) is 13.3. The van der Waals surface area contributed by atoms with Crippen molar-refractivity contribution in [3.05, 3.63) is 12.2 Å². The van der Waals surface area contributed by atoms with Gasteiger partial charge in [-0.25, -0.2) is 0 Å². The molecule has 5 nitrogen and oxygen atoms in total. The Kier molecular flexibility index (Phi) is 14.2. The molecule has 0 aromatic carbocycles. The predicted octanol–water partition coefficient (Wildman–Crippen LogP) is 0.911. The summed E-state index contributed by atoms with van der Waals surface area (Å²) in [6.45, 7) is 3.00. The highest BCUT2D eigenvalue weighted by Crippen LogP contribution is 2.04. The Morgan fingerprint density at radius 2 is 1.38 bits per heavy atom. The van der Waals surface area contributed by atoms with Crippen molar-refractivity contribution in [1.82, 2.24) is 4.90 Å². The second kappa shape index (κ2) is 14.5. The van der Waals surface area contributed by atoms with E-state index in [0.717, 1.165) is 32.2 Å². The van der Waals surface area contributed by atoms with Gasteiger partial charge in [0.15, 0.2) is 0 Å². The lowest BCUT2D eigenvalue weighted by Crippen LogP contribution is -2.40. The minimum atomic E-state index is -0.801. The molecule has 126 valence electrons. The van der Waals surface area contributed by atoms with Crippen LogP contribution in [0.2, 0.25) is 0 Å². The van der Waals surface area contributed by atoms with E-state index < -0.39 is 12.2 Å². The van der Waals surface area contributed by atoms with Crippen molar-refractivity contribution >= 4 is 0 Å². The monoisotopic (exact) mass is 303 g/mol. The minimum absolute atomic E-state index is 0.286. The van der Waals surface area contributed by atoms with Gasteiger partial charge in [-0.15, -0.1) is 0 Å². The third kappa shape index (κ3) is 13.0. The average Bonchev–Trinajstić information content (AvgIpc) is 2.49. The average molecular weight is 303 g/mol. The normalized spacial score (nSPS) is 15.0. The summed E-state index contributed by atoms with van der Waals surface area (Å²) in [5.41, 5.74) is 0. The van der Waals surface area contributed by atoms with Gasteiger partial charge in [-0.3, -0.25) is 4.90 Å². The van der Waals surface area contributed by atoms with Crippen molar-refractivity contribution in [2.45, 2.75) is 57.7 Å². The summed E-state index contributed by atoms with van der Waals surface area (Å²) in [6.07, 6.45) is 9.52. The van der Waals surface area contributed by atoms with Crippen molar-refractivity contribution in [3.8, 4) is 0 Å². The maximum atomic E-state index is 9.49. The first-order chi connectivity index (χ1) is 10.1. The van der Waals surface area contributed by atoms with Gasteiger partial charge >= 0.3 is 0 Å². The summed E-state index contributed by atoms with van der Waals surface area (Å²) >= 11 is 0. The van der Waals surface area contributed by atoms with Crippen LogP contribution >= 0.6 is 0 Å². The molecule has 0 fully saturated rings. The minimum Gasteiger partial charge on any atom is -0.394 e. The Morgan fingerprint density at radius 1 is 0.857 bits per heavy atom. The van der Waals surface area contributed by atoms with Crippen LogP contribution in [0, 0.1) is 0 Å². The molecule has 0 heterocycles. The van der Waals surface area contributed by atoms with Crippen LogP contribution in [0.5, 0.6) is 0 Å². The summed E-state index contributed by atoms with van der Waals surface area (Å²) in [4.78, 5) is 1.89. The van der Waals surface area contributed by atoms with E-state index in [9.17, 15) is 10.2 Å².